The van der Waals surface area contributed by atoms with Crippen LogP contribution in [0.1, 0.15) is 31.7 Å². The second-order valence-corrected chi connectivity index (χ2v) is 4.86. The third kappa shape index (κ3) is 5.48. The molecule has 6 heteroatoms. The molecule has 0 aliphatic carbocycles. The second kappa shape index (κ2) is 8.43. The van der Waals surface area contributed by atoms with Gasteiger partial charge in [-0.1, -0.05) is 49.6 Å². The fraction of sp³-hybridized carbons (Fsp3) is 0.429. The maximum Gasteiger partial charge on any atom is 0.326 e. The molecule has 0 saturated heterocycles. The topological polar surface area (TPSA) is 78.4 Å². The minimum atomic E-state index is -1.02. The Morgan fingerprint density at radius 1 is 1.35 bits per heavy atom. The number of carboxylic acids is 1. The van der Waals surface area contributed by atoms with Crippen molar-refractivity contribution in [1.29, 1.82) is 0 Å². The van der Waals surface area contributed by atoms with Crippen LogP contribution in [0.2, 0.25) is 5.02 Å². The zero-order valence-corrected chi connectivity index (χ0v) is 12.1. The van der Waals surface area contributed by atoms with Crippen LogP contribution in [-0.4, -0.2) is 23.1 Å². The van der Waals surface area contributed by atoms with Crippen molar-refractivity contribution >= 4 is 23.6 Å². The molecule has 1 aromatic rings. The molecule has 1 aromatic carbocycles. The van der Waals surface area contributed by atoms with E-state index < -0.39 is 18.0 Å². The number of urea groups is 1. The van der Waals surface area contributed by atoms with Crippen LogP contribution in [0.15, 0.2) is 24.3 Å². The largest absolute Gasteiger partial charge is 0.480 e. The predicted molar refractivity (Wildman–Crippen MR) is 77.8 cm³/mol. The minimum Gasteiger partial charge on any atom is -0.480 e. The summed E-state index contributed by atoms with van der Waals surface area (Å²) in [6.45, 7) is 2.22. The van der Waals surface area contributed by atoms with Gasteiger partial charge in [0.05, 0.1) is 0 Å². The molecule has 0 aliphatic rings. The summed E-state index contributed by atoms with van der Waals surface area (Å²) in [4.78, 5) is 22.7. The highest BCUT2D eigenvalue weighted by Crippen LogP contribution is 2.14. The highest BCUT2D eigenvalue weighted by atomic mass is 35.5. The summed E-state index contributed by atoms with van der Waals surface area (Å²) in [5.41, 5.74) is 0.782. The normalized spacial score (nSPS) is 11.7. The number of halogens is 1. The van der Waals surface area contributed by atoms with Gasteiger partial charge in [0.25, 0.3) is 0 Å². The van der Waals surface area contributed by atoms with Crippen molar-refractivity contribution in [3.8, 4) is 0 Å². The van der Waals surface area contributed by atoms with Crippen molar-refractivity contribution in [2.75, 3.05) is 0 Å². The van der Waals surface area contributed by atoms with Crippen LogP contribution in [-0.2, 0) is 11.3 Å². The predicted octanol–water partition coefficient (Wildman–Crippen LogP) is 2.78. The third-order valence-electron chi connectivity index (χ3n) is 2.85. The zero-order chi connectivity index (χ0) is 15.0. The van der Waals surface area contributed by atoms with E-state index in [9.17, 15) is 9.59 Å². The summed E-state index contributed by atoms with van der Waals surface area (Å²) in [7, 11) is 0. The van der Waals surface area contributed by atoms with Crippen LogP contribution in [0.3, 0.4) is 0 Å². The van der Waals surface area contributed by atoms with Gasteiger partial charge in [-0.05, 0) is 18.1 Å². The Hall–Kier alpha value is -1.75. The molecule has 0 bridgehead atoms. The SMILES string of the molecule is CCCC[C@H](NC(=O)NCc1ccccc1Cl)C(=O)O. The van der Waals surface area contributed by atoms with E-state index in [0.29, 0.717) is 11.4 Å². The Bertz CT molecular complexity index is 465. The van der Waals surface area contributed by atoms with Crippen LogP contribution in [0.25, 0.3) is 0 Å². The van der Waals surface area contributed by atoms with E-state index in [1.807, 2.05) is 13.0 Å². The van der Waals surface area contributed by atoms with Crippen LogP contribution >= 0.6 is 11.6 Å². The quantitative estimate of drug-likeness (QED) is 0.724. The first-order valence-corrected chi connectivity index (χ1v) is 6.93. The van der Waals surface area contributed by atoms with E-state index in [4.69, 9.17) is 16.7 Å². The van der Waals surface area contributed by atoms with E-state index in [1.165, 1.54) is 0 Å². The van der Waals surface area contributed by atoms with Gasteiger partial charge in [-0.15, -0.1) is 0 Å². The molecule has 2 amide bonds. The summed E-state index contributed by atoms with van der Waals surface area (Å²) >= 11 is 5.97. The highest BCUT2D eigenvalue weighted by molar-refractivity contribution is 6.31. The van der Waals surface area contributed by atoms with Gasteiger partial charge in [-0.2, -0.15) is 0 Å². The first-order valence-electron chi connectivity index (χ1n) is 6.55. The van der Waals surface area contributed by atoms with Gasteiger partial charge in [0.1, 0.15) is 6.04 Å². The molecule has 110 valence electrons. The van der Waals surface area contributed by atoms with Crippen LogP contribution in [0.5, 0.6) is 0 Å². The summed E-state index contributed by atoms with van der Waals surface area (Å²) in [6, 6.07) is 5.79. The van der Waals surface area contributed by atoms with Gasteiger partial charge in [-0.3, -0.25) is 0 Å². The van der Waals surface area contributed by atoms with Crippen molar-refractivity contribution in [1.82, 2.24) is 10.6 Å². The summed E-state index contributed by atoms with van der Waals surface area (Å²) in [6.07, 6.45) is 2.06. The van der Waals surface area contributed by atoms with E-state index >= 15 is 0 Å². The van der Waals surface area contributed by atoms with Crippen molar-refractivity contribution in [2.45, 2.75) is 38.8 Å². The first-order chi connectivity index (χ1) is 9.54. The summed E-state index contributed by atoms with van der Waals surface area (Å²) in [5, 5.41) is 14.6. The number of carbonyl (C=O) groups is 2. The van der Waals surface area contributed by atoms with Gasteiger partial charge < -0.3 is 15.7 Å². The molecule has 20 heavy (non-hydrogen) atoms. The number of aliphatic carboxylic acids is 1. The Morgan fingerprint density at radius 2 is 2.05 bits per heavy atom. The Labute approximate surface area is 123 Å². The number of hydrogen-bond donors (Lipinski definition) is 3. The fourth-order valence-corrected chi connectivity index (χ4v) is 1.89. The number of amides is 2. The van der Waals surface area contributed by atoms with Crippen molar-refractivity contribution in [3.05, 3.63) is 34.9 Å². The lowest BCUT2D eigenvalue weighted by Crippen LogP contribution is -2.45. The molecule has 0 aliphatic heterocycles. The van der Waals surface area contributed by atoms with Crippen LogP contribution in [0, 0.1) is 0 Å². The Kier molecular flexibility index (Phi) is 6.87. The summed E-state index contributed by atoms with van der Waals surface area (Å²) in [5.74, 6) is -1.02. The molecule has 0 fully saturated rings. The van der Waals surface area contributed by atoms with Gasteiger partial charge in [0.15, 0.2) is 0 Å². The second-order valence-electron chi connectivity index (χ2n) is 4.45. The lowest BCUT2D eigenvalue weighted by atomic mass is 10.1. The molecular formula is C14H19ClN2O3. The standard InChI is InChI=1S/C14H19ClN2O3/c1-2-3-8-12(13(18)19)17-14(20)16-9-10-6-4-5-7-11(10)15/h4-7,12H,2-3,8-9H2,1H3,(H,18,19)(H2,16,17,20)/t12-/m0/s1. The van der Waals surface area contributed by atoms with Gasteiger partial charge in [-0.25, -0.2) is 9.59 Å². The number of unbranched alkanes of at least 4 members (excludes halogenated alkanes) is 1. The molecule has 0 radical (unpaired) electrons. The lowest BCUT2D eigenvalue weighted by Gasteiger charge is -2.15. The molecule has 3 N–H and O–H groups in total. The summed E-state index contributed by atoms with van der Waals surface area (Å²) < 4.78 is 0. The van der Waals surface area contributed by atoms with E-state index in [1.54, 1.807) is 18.2 Å². The van der Waals surface area contributed by atoms with Gasteiger partial charge in [0.2, 0.25) is 0 Å². The Morgan fingerprint density at radius 3 is 2.65 bits per heavy atom. The highest BCUT2D eigenvalue weighted by Gasteiger charge is 2.18. The van der Waals surface area contributed by atoms with Crippen molar-refractivity contribution in [2.24, 2.45) is 0 Å². The van der Waals surface area contributed by atoms with Crippen molar-refractivity contribution in [3.63, 3.8) is 0 Å². The molecule has 0 spiro atoms. The Balaban J connectivity index is 2.46. The molecule has 0 saturated carbocycles. The van der Waals surface area contributed by atoms with Crippen LogP contribution < -0.4 is 10.6 Å². The van der Waals surface area contributed by atoms with E-state index in [2.05, 4.69) is 10.6 Å². The van der Waals surface area contributed by atoms with Crippen molar-refractivity contribution < 1.29 is 14.7 Å². The van der Waals surface area contributed by atoms with Gasteiger partial charge in [0, 0.05) is 11.6 Å². The smallest absolute Gasteiger partial charge is 0.326 e. The molecule has 1 rings (SSSR count). The zero-order valence-electron chi connectivity index (χ0n) is 11.4. The first kappa shape index (κ1) is 16.3. The number of rotatable bonds is 7. The lowest BCUT2D eigenvalue weighted by molar-refractivity contribution is -0.139. The molecular weight excluding hydrogens is 280 g/mol. The van der Waals surface area contributed by atoms with Gasteiger partial charge >= 0.3 is 12.0 Å². The number of nitrogens with one attached hydrogen (secondary N) is 2. The van der Waals surface area contributed by atoms with Crippen LogP contribution in [0.4, 0.5) is 4.79 Å². The van der Waals surface area contributed by atoms with E-state index in [-0.39, 0.29) is 6.54 Å². The molecule has 5 nitrogen and oxygen atoms in total. The van der Waals surface area contributed by atoms with E-state index in [0.717, 1.165) is 18.4 Å². The number of benzene rings is 1. The third-order valence-corrected chi connectivity index (χ3v) is 3.22. The monoisotopic (exact) mass is 298 g/mol. The average molecular weight is 299 g/mol. The molecule has 1 atom stereocenters. The number of carbonyl (C=O) groups excluding carboxylic acids is 1. The maximum atomic E-state index is 11.7. The number of hydrogen-bond acceptors (Lipinski definition) is 2. The molecule has 0 aromatic heterocycles. The maximum absolute atomic E-state index is 11.7. The molecule has 0 heterocycles. The fourth-order valence-electron chi connectivity index (χ4n) is 1.69. The molecule has 0 unspecified atom stereocenters. The number of carboxylic acid groups (broad SMARTS) is 1. The minimum absolute atomic E-state index is 0.256. The average Bonchev–Trinajstić information content (AvgIpc) is 2.42.